The van der Waals surface area contributed by atoms with Crippen LogP contribution in [0, 0.1) is 5.92 Å². The SMILES string of the molecule is CC(CN)C(=O)NC(c1ccc(Cl)cc1)c1cccc(S(C)(=O)=O)c1. The minimum atomic E-state index is -3.35. The van der Waals surface area contributed by atoms with Crippen molar-refractivity contribution >= 4 is 27.3 Å². The van der Waals surface area contributed by atoms with Crippen molar-refractivity contribution in [3.63, 3.8) is 0 Å². The molecule has 134 valence electrons. The molecule has 0 saturated heterocycles. The average Bonchev–Trinajstić information content (AvgIpc) is 2.59. The smallest absolute Gasteiger partial charge is 0.224 e. The quantitative estimate of drug-likeness (QED) is 0.805. The van der Waals surface area contributed by atoms with Gasteiger partial charge in [0.25, 0.3) is 0 Å². The molecule has 1 amide bonds. The van der Waals surface area contributed by atoms with E-state index < -0.39 is 15.9 Å². The van der Waals surface area contributed by atoms with Gasteiger partial charge in [-0.25, -0.2) is 8.42 Å². The van der Waals surface area contributed by atoms with E-state index in [2.05, 4.69) is 5.32 Å². The van der Waals surface area contributed by atoms with Gasteiger partial charge in [0.05, 0.1) is 10.9 Å². The first kappa shape index (κ1) is 19.4. The fourth-order valence-electron chi connectivity index (χ4n) is 2.33. The van der Waals surface area contributed by atoms with Crippen LogP contribution >= 0.6 is 11.6 Å². The zero-order valence-corrected chi connectivity index (χ0v) is 15.6. The third-order valence-corrected chi connectivity index (χ3v) is 5.27. The van der Waals surface area contributed by atoms with Crippen molar-refractivity contribution in [3.8, 4) is 0 Å². The predicted octanol–water partition coefficient (Wildman–Crippen LogP) is 2.54. The molecule has 7 heteroatoms. The highest BCUT2D eigenvalue weighted by Crippen LogP contribution is 2.26. The van der Waals surface area contributed by atoms with Crippen molar-refractivity contribution in [1.29, 1.82) is 0 Å². The maximum absolute atomic E-state index is 12.3. The lowest BCUT2D eigenvalue weighted by molar-refractivity contribution is -0.124. The van der Waals surface area contributed by atoms with Gasteiger partial charge in [-0.05, 0) is 35.4 Å². The number of sulfone groups is 1. The molecule has 0 aliphatic rings. The second-order valence-corrected chi connectivity index (χ2v) is 8.43. The van der Waals surface area contributed by atoms with Gasteiger partial charge in [0, 0.05) is 23.7 Å². The molecule has 3 N–H and O–H groups in total. The number of amides is 1. The van der Waals surface area contributed by atoms with E-state index in [1.54, 1.807) is 49.4 Å². The second kappa shape index (κ2) is 7.99. The zero-order valence-electron chi connectivity index (χ0n) is 14.1. The van der Waals surface area contributed by atoms with Gasteiger partial charge >= 0.3 is 0 Å². The number of hydrogen-bond acceptors (Lipinski definition) is 4. The van der Waals surface area contributed by atoms with E-state index in [1.807, 2.05) is 0 Å². The van der Waals surface area contributed by atoms with Crippen LogP contribution < -0.4 is 11.1 Å². The van der Waals surface area contributed by atoms with Gasteiger partial charge in [-0.3, -0.25) is 4.79 Å². The summed E-state index contributed by atoms with van der Waals surface area (Å²) in [6.07, 6.45) is 1.15. The first-order valence-corrected chi connectivity index (χ1v) is 10.0. The topological polar surface area (TPSA) is 89.3 Å². The Bertz CT molecular complexity index is 851. The van der Waals surface area contributed by atoms with Gasteiger partial charge < -0.3 is 11.1 Å². The predicted molar refractivity (Wildman–Crippen MR) is 99.2 cm³/mol. The third kappa shape index (κ3) is 5.04. The van der Waals surface area contributed by atoms with Gasteiger partial charge in [0.2, 0.25) is 5.91 Å². The Labute approximate surface area is 153 Å². The van der Waals surface area contributed by atoms with Crippen molar-refractivity contribution in [3.05, 3.63) is 64.7 Å². The molecule has 2 unspecified atom stereocenters. The Morgan fingerprint density at radius 3 is 2.36 bits per heavy atom. The van der Waals surface area contributed by atoms with Crippen LogP contribution in [0.1, 0.15) is 24.1 Å². The number of halogens is 1. The molecule has 0 bridgehead atoms. The van der Waals surface area contributed by atoms with Gasteiger partial charge in [-0.1, -0.05) is 42.8 Å². The monoisotopic (exact) mass is 380 g/mol. The highest BCUT2D eigenvalue weighted by atomic mass is 35.5. The normalized spacial score (nSPS) is 13.9. The lowest BCUT2D eigenvalue weighted by Crippen LogP contribution is -2.36. The van der Waals surface area contributed by atoms with Crippen molar-refractivity contribution < 1.29 is 13.2 Å². The van der Waals surface area contributed by atoms with Crippen molar-refractivity contribution in [1.82, 2.24) is 5.32 Å². The minimum absolute atomic E-state index is 0.199. The standard InChI is InChI=1S/C18H21ClN2O3S/c1-12(11-20)18(22)21-17(13-6-8-15(19)9-7-13)14-4-3-5-16(10-14)25(2,23)24/h3-10,12,17H,11,20H2,1-2H3,(H,21,22). The fourth-order valence-corrected chi connectivity index (χ4v) is 3.13. The maximum Gasteiger partial charge on any atom is 0.224 e. The summed E-state index contributed by atoms with van der Waals surface area (Å²) < 4.78 is 23.7. The van der Waals surface area contributed by atoms with Gasteiger partial charge in [-0.2, -0.15) is 0 Å². The van der Waals surface area contributed by atoms with Crippen LogP contribution in [-0.4, -0.2) is 27.1 Å². The number of carbonyl (C=O) groups is 1. The largest absolute Gasteiger partial charge is 0.345 e. The number of benzene rings is 2. The molecule has 5 nitrogen and oxygen atoms in total. The Morgan fingerprint density at radius 2 is 1.80 bits per heavy atom. The highest BCUT2D eigenvalue weighted by molar-refractivity contribution is 7.90. The van der Waals surface area contributed by atoms with Crippen LogP contribution in [0.4, 0.5) is 0 Å². The molecular formula is C18H21ClN2O3S. The highest BCUT2D eigenvalue weighted by Gasteiger charge is 2.21. The van der Waals surface area contributed by atoms with E-state index in [1.165, 1.54) is 6.07 Å². The molecule has 2 rings (SSSR count). The molecule has 0 aromatic heterocycles. The van der Waals surface area contributed by atoms with Crippen LogP contribution in [0.3, 0.4) is 0 Å². The van der Waals surface area contributed by atoms with Gasteiger partial charge in [-0.15, -0.1) is 0 Å². The van der Waals surface area contributed by atoms with Crippen LogP contribution in [0.5, 0.6) is 0 Å². The summed E-state index contributed by atoms with van der Waals surface area (Å²) in [6.45, 7) is 1.96. The zero-order chi connectivity index (χ0) is 18.6. The van der Waals surface area contributed by atoms with Gasteiger partial charge in [0.1, 0.15) is 0 Å². The number of nitrogens with two attached hydrogens (primary N) is 1. The van der Waals surface area contributed by atoms with Crippen molar-refractivity contribution in [2.24, 2.45) is 11.7 Å². The van der Waals surface area contributed by atoms with Crippen LogP contribution in [0.25, 0.3) is 0 Å². The molecule has 2 atom stereocenters. The Balaban J connectivity index is 2.47. The van der Waals surface area contributed by atoms with Crippen LogP contribution in [0.15, 0.2) is 53.4 Å². The molecule has 0 fully saturated rings. The summed E-state index contributed by atoms with van der Waals surface area (Å²) in [5.74, 6) is -0.555. The average molecular weight is 381 g/mol. The van der Waals surface area contributed by atoms with Crippen molar-refractivity contribution in [2.75, 3.05) is 12.8 Å². The first-order valence-electron chi connectivity index (χ1n) is 7.78. The molecular weight excluding hydrogens is 360 g/mol. The summed E-state index contributed by atoms with van der Waals surface area (Å²) in [4.78, 5) is 12.5. The second-order valence-electron chi connectivity index (χ2n) is 5.97. The summed E-state index contributed by atoms with van der Waals surface area (Å²) in [6, 6.07) is 13.1. The minimum Gasteiger partial charge on any atom is -0.345 e. The lowest BCUT2D eigenvalue weighted by Gasteiger charge is -2.22. The fraction of sp³-hybridized carbons (Fsp3) is 0.278. The van der Waals surface area contributed by atoms with Gasteiger partial charge in [0.15, 0.2) is 9.84 Å². The molecule has 0 aliphatic heterocycles. The molecule has 0 spiro atoms. The molecule has 0 aliphatic carbocycles. The molecule has 25 heavy (non-hydrogen) atoms. The number of rotatable bonds is 6. The number of carbonyl (C=O) groups excluding carboxylic acids is 1. The first-order chi connectivity index (χ1) is 11.7. The number of hydrogen-bond donors (Lipinski definition) is 2. The van der Waals surface area contributed by atoms with E-state index in [0.717, 1.165) is 11.8 Å². The Kier molecular flexibility index (Phi) is 6.21. The molecule has 2 aromatic carbocycles. The Hall–Kier alpha value is -1.89. The molecule has 2 aromatic rings. The molecule has 0 saturated carbocycles. The third-order valence-electron chi connectivity index (χ3n) is 3.91. The van der Waals surface area contributed by atoms with E-state index in [0.29, 0.717) is 10.6 Å². The van der Waals surface area contributed by atoms with E-state index in [-0.39, 0.29) is 23.3 Å². The summed E-state index contributed by atoms with van der Waals surface area (Å²) in [5.41, 5.74) is 7.04. The molecule has 0 heterocycles. The van der Waals surface area contributed by atoms with E-state index in [9.17, 15) is 13.2 Å². The maximum atomic E-state index is 12.3. The van der Waals surface area contributed by atoms with Crippen molar-refractivity contribution in [2.45, 2.75) is 17.9 Å². The lowest BCUT2D eigenvalue weighted by atomic mass is 9.98. The van der Waals surface area contributed by atoms with Crippen LogP contribution in [-0.2, 0) is 14.6 Å². The van der Waals surface area contributed by atoms with Crippen LogP contribution in [0.2, 0.25) is 5.02 Å². The van der Waals surface area contributed by atoms with E-state index >= 15 is 0 Å². The Morgan fingerprint density at radius 1 is 1.16 bits per heavy atom. The summed E-state index contributed by atoms with van der Waals surface area (Å²) in [7, 11) is -3.35. The summed E-state index contributed by atoms with van der Waals surface area (Å²) in [5, 5.41) is 3.52. The van der Waals surface area contributed by atoms with E-state index in [4.69, 9.17) is 17.3 Å². The summed E-state index contributed by atoms with van der Waals surface area (Å²) >= 11 is 5.94. The molecule has 0 radical (unpaired) electrons. The number of nitrogens with one attached hydrogen (secondary N) is 1.